The van der Waals surface area contributed by atoms with Gasteiger partial charge in [-0.1, -0.05) is 36.4 Å². The highest BCUT2D eigenvalue weighted by Gasteiger charge is 2.43. The number of carboxylic acids is 1. The van der Waals surface area contributed by atoms with E-state index < -0.39 is 16.8 Å². The molecule has 72 heavy (non-hydrogen) atoms. The van der Waals surface area contributed by atoms with Gasteiger partial charge in [-0.25, -0.2) is 0 Å². The largest absolute Gasteiger partial charge is 0.486 e. The molecule has 0 amide bonds. The molecule has 0 radical (unpaired) electrons. The van der Waals surface area contributed by atoms with Crippen LogP contribution in [0.4, 0.5) is 0 Å². The second-order valence-corrected chi connectivity index (χ2v) is 20.1. The molecule has 0 unspecified atom stereocenters. The molecule has 0 spiro atoms. The number of ether oxygens (including phenoxy) is 5. The van der Waals surface area contributed by atoms with E-state index in [0.29, 0.717) is 78.2 Å². The highest BCUT2D eigenvalue weighted by Crippen LogP contribution is 2.40. The molecule has 4 aromatic carbocycles. The van der Waals surface area contributed by atoms with Crippen molar-refractivity contribution in [3.63, 3.8) is 0 Å². The number of aliphatic carboxylic acids is 1. The molecular weight excluding hydrogens is 913 g/mol. The molecular formula is C58H68N4O10. The number of aryl methyl sites for hydroxylation is 4. The number of pyridine rings is 2. The van der Waals surface area contributed by atoms with Crippen molar-refractivity contribution in [1.82, 2.24) is 18.9 Å². The molecule has 14 nitrogen and oxygen atoms in total. The Morgan fingerprint density at radius 1 is 0.556 bits per heavy atom. The van der Waals surface area contributed by atoms with Crippen LogP contribution in [0.5, 0.6) is 23.0 Å². The van der Waals surface area contributed by atoms with Crippen molar-refractivity contribution in [1.29, 1.82) is 0 Å². The number of hydrogen-bond acceptors (Lipinski definition) is 11. The van der Waals surface area contributed by atoms with Gasteiger partial charge in [0.25, 0.3) is 11.1 Å². The van der Waals surface area contributed by atoms with E-state index in [1.54, 1.807) is 16.7 Å². The van der Waals surface area contributed by atoms with Gasteiger partial charge in [0.05, 0.1) is 28.5 Å². The van der Waals surface area contributed by atoms with E-state index >= 15 is 0 Å². The normalized spacial score (nSPS) is 17.2. The Kier molecular flexibility index (Phi) is 15.7. The van der Waals surface area contributed by atoms with Gasteiger partial charge in [-0.2, -0.15) is 0 Å². The maximum atomic E-state index is 13.2. The average molecular weight is 981 g/mol. The number of carbonyl (C=O) groups excluding carboxylic acids is 1. The summed E-state index contributed by atoms with van der Waals surface area (Å²) in [5.74, 6) is 2.34. The predicted molar refractivity (Wildman–Crippen MR) is 277 cm³/mol. The summed E-state index contributed by atoms with van der Waals surface area (Å²) >= 11 is 0. The van der Waals surface area contributed by atoms with Gasteiger partial charge >= 0.3 is 11.9 Å². The molecule has 4 aliphatic rings. The van der Waals surface area contributed by atoms with Gasteiger partial charge in [-0.3, -0.25) is 29.0 Å². The number of aromatic nitrogens is 2. The highest BCUT2D eigenvalue weighted by molar-refractivity contribution is 5.81. The number of likely N-dealkylation sites (tertiary alicyclic amines) is 2. The molecule has 0 bridgehead atoms. The van der Waals surface area contributed by atoms with Crippen molar-refractivity contribution in [3.8, 4) is 23.0 Å². The zero-order valence-electron chi connectivity index (χ0n) is 42.0. The number of rotatable bonds is 15. The van der Waals surface area contributed by atoms with E-state index in [2.05, 4.69) is 46.2 Å². The number of esters is 1. The van der Waals surface area contributed by atoms with E-state index in [9.17, 15) is 24.3 Å². The number of piperidine rings is 2. The smallest absolute Gasteiger partial charge is 0.312 e. The van der Waals surface area contributed by atoms with E-state index in [-0.39, 0.29) is 17.1 Å². The summed E-state index contributed by atoms with van der Waals surface area (Å²) in [4.78, 5) is 55.5. The lowest BCUT2D eigenvalue weighted by molar-refractivity contribution is -0.159. The lowest BCUT2D eigenvalue weighted by Crippen LogP contribution is -2.45. The summed E-state index contributed by atoms with van der Waals surface area (Å²) in [6, 6.07) is 31.4. The summed E-state index contributed by atoms with van der Waals surface area (Å²) in [5, 5.41) is 12.2. The Morgan fingerprint density at radius 3 is 1.42 bits per heavy atom. The first-order chi connectivity index (χ1) is 34.9. The van der Waals surface area contributed by atoms with E-state index in [4.69, 9.17) is 23.7 Å². The highest BCUT2D eigenvalue weighted by atomic mass is 16.6. The Hall–Kier alpha value is -6.64. The van der Waals surface area contributed by atoms with Crippen molar-refractivity contribution in [2.75, 3.05) is 59.2 Å². The van der Waals surface area contributed by atoms with E-state index in [1.807, 2.05) is 73.9 Å². The number of fused-ring (bicyclic) bond motifs is 4. The third kappa shape index (κ3) is 11.5. The second-order valence-electron chi connectivity index (χ2n) is 20.1. The molecule has 2 saturated heterocycles. The van der Waals surface area contributed by atoms with Gasteiger partial charge in [0.2, 0.25) is 0 Å². The van der Waals surface area contributed by atoms with Gasteiger partial charge in [0, 0.05) is 38.3 Å². The number of nitrogens with zero attached hydrogens (tertiary/aromatic N) is 4. The van der Waals surface area contributed by atoms with Crippen molar-refractivity contribution < 1.29 is 38.4 Å². The number of hydrogen-bond donors (Lipinski definition) is 1. The topological polar surface area (TPSA) is 151 Å². The molecule has 0 atom stereocenters. The van der Waals surface area contributed by atoms with Crippen molar-refractivity contribution >= 4 is 33.7 Å². The van der Waals surface area contributed by atoms with Crippen molar-refractivity contribution in [2.45, 2.75) is 98.3 Å². The minimum Gasteiger partial charge on any atom is -0.486 e. The number of benzene rings is 4. The van der Waals surface area contributed by atoms with Crippen LogP contribution in [-0.4, -0.2) is 95.2 Å². The van der Waals surface area contributed by atoms with Gasteiger partial charge in [0.1, 0.15) is 26.4 Å². The summed E-state index contributed by atoms with van der Waals surface area (Å²) in [6.45, 7) is 14.4. The molecule has 2 aromatic heterocycles. The minimum absolute atomic E-state index is 0.00228. The molecule has 10 rings (SSSR count). The lowest BCUT2D eigenvalue weighted by Gasteiger charge is -2.40. The molecule has 4 aliphatic heterocycles. The molecule has 2 fully saturated rings. The Bertz CT molecular complexity index is 3020. The van der Waals surface area contributed by atoms with Crippen LogP contribution in [0.15, 0.2) is 107 Å². The predicted octanol–water partition coefficient (Wildman–Crippen LogP) is 8.94. The Labute approximate surface area is 421 Å². The quantitative estimate of drug-likeness (QED) is 0.0979. The van der Waals surface area contributed by atoms with Crippen LogP contribution in [0.2, 0.25) is 0 Å². The van der Waals surface area contributed by atoms with Crippen LogP contribution in [0.25, 0.3) is 21.8 Å². The first-order valence-electron chi connectivity index (χ1n) is 25.7. The van der Waals surface area contributed by atoms with Gasteiger partial charge in [-0.05, 0) is 180 Å². The summed E-state index contributed by atoms with van der Waals surface area (Å²) in [5.41, 5.74) is 5.12. The van der Waals surface area contributed by atoms with Crippen molar-refractivity contribution in [3.05, 3.63) is 140 Å². The fourth-order valence-electron chi connectivity index (χ4n) is 11.0. The lowest BCUT2D eigenvalue weighted by atomic mass is 9.74. The monoisotopic (exact) mass is 980 g/mol. The molecule has 6 heterocycles. The van der Waals surface area contributed by atoms with Crippen molar-refractivity contribution in [2.24, 2.45) is 10.8 Å². The van der Waals surface area contributed by atoms with Crippen LogP contribution in [0, 0.1) is 24.7 Å². The Morgan fingerprint density at radius 2 is 0.972 bits per heavy atom. The summed E-state index contributed by atoms with van der Waals surface area (Å²) < 4.78 is 31.9. The molecule has 0 aliphatic carbocycles. The number of carbonyl (C=O) groups is 2. The molecule has 14 heteroatoms. The van der Waals surface area contributed by atoms with Crippen LogP contribution < -0.4 is 30.1 Å². The standard InChI is InChI=1S/C30H36N2O5.C28H32N2O5/c1-3-35-29(34)30(11-4-14-32-25-19-22(2)5-7-24(25)8-10-28(32)33)12-15-31(16-13-30)21-23-6-9-26-27(20-23)37-18-17-36-26;1-20-3-5-22-6-8-26(31)30(23(22)17-20)12-2-9-28(27(32)33)10-13-29(14-11-28)19-21-4-7-24-25(18-21)35-16-15-34-24/h5-10,19-20H,3-4,11-18,21H2,1-2H3;3-8,17-18H,2,9-16,19H2,1H3,(H,32,33). The third-order valence-corrected chi connectivity index (χ3v) is 15.2. The molecule has 6 aromatic rings. The summed E-state index contributed by atoms with van der Waals surface area (Å²) in [6.07, 6.45) is 5.38. The van der Waals surface area contributed by atoms with Gasteiger partial charge in [0.15, 0.2) is 23.0 Å². The van der Waals surface area contributed by atoms with Crippen LogP contribution in [0.3, 0.4) is 0 Å². The van der Waals surface area contributed by atoms with Gasteiger partial charge < -0.3 is 37.9 Å². The second kappa shape index (κ2) is 22.4. The average Bonchev–Trinajstić information content (AvgIpc) is 3.39. The first kappa shape index (κ1) is 50.3. The van der Waals surface area contributed by atoms with Gasteiger partial charge in [-0.15, -0.1) is 0 Å². The Balaban J connectivity index is 0.000000178. The maximum Gasteiger partial charge on any atom is 0.312 e. The summed E-state index contributed by atoms with van der Waals surface area (Å²) in [7, 11) is 0. The van der Waals surface area contributed by atoms with E-state index in [0.717, 1.165) is 120 Å². The third-order valence-electron chi connectivity index (χ3n) is 15.2. The van der Waals surface area contributed by atoms with E-state index in [1.165, 1.54) is 5.56 Å². The first-order valence-corrected chi connectivity index (χ1v) is 25.7. The van der Waals surface area contributed by atoms with Crippen LogP contribution in [0.1, 0.15) is 80.5 Å². The van der Waals surface area contributed by atoms with Crippen LogP contribution in [-0.2, 0) is 40.5 Å². The molecule has 0 saturated carbocycles. The molecule has 380 valence electrons. The van der Waals surface area contributed by atoms with Crippen LogP contribution >= 0.6 is 0 Å². The number of carboxylic acid groups (broad SMARTS) is 1. The fraction of sp³-hybridized carbons (Fsp3) is 0.448. The maximum absolute atomic E-state index is 13.2. The SMILES string of the molecule is CCOC(=O)C1(CCCn2c(=O)ccc3ccc(C)cc32)CCN(Cc2ccc3c(c2)OCCO3)CC1.Cc1ccc2ccc(=O)n(CCCC3(C(=O)O)CCN(Cc4ccc5c(c4)OCCO5)CC3)c2c1. The fourth-order valence-corrected chi connectivity index (χ4v) is 11.0. The molecule has 1 N–H and O–H groups in total. The zero-order valence-corrected chi connectivity index (χ0v) is 42.0. The minimum atomic E-state index is -0.743. The zero-order chi connectivity index (χ0) is 50.2.